The number of nitrogens with one attached hydrogen (secondary N) is 1. The third kappa shape index (κ3) is 6.56. The fourth-order valence-electron chi connectivity index (χ4n) is 6.08. The molecule has 1 unspecified atom stereocenters. The molecule has 2 N–H and O–H groups in total. The number of aromatic nitrogens is 1. The molecule has 1 aromatic heterocycles. The highest BCUT2D eigenvalue weighted by atomic mass is 16.5. The van der Waals surface area contributed by atoms with Crippen LogP contribution in [0.3, 0.4) is 0 Å². The SMILES string of the molecule is CC1(C)CCC(c2ccccc2[C@@H](C(=O)O)N2CC[C@@H](OCCCCc3ccc4c(n3)NCCC4)C2)OC1. The average molecular weight is 522 g/mol. The molecule has 0 saturated carbocycles. The third-order valence-electron chi connectivity index (χ3n) is 8.30. The molecule has 0 radical (unpaired) electrons. The normalized spacial score (nSPS) is 23.9. The number of hydrogen-bond donors (Lipinski definition) is 2. The monoisotopic (exact) mass is 521 g/mol. The molecule has 4 heterocycles. The molecule has 2 saturated heterocycles. The van der Waals surface area contributed by atoms with Crippen LogP contribution in [0.2, 0.25) is 0 Å². The Balaban J connectivity index is 1.12. The minimum atomic E-state index is -0.804. The van der Waals surface area contributed by atoms with Crippen molar-refractivity contribution in [1.29, 1.82) is 0 Å². The van der Waals surface area contributed by atoms with Gasteiger partial charge < -0.3 is 19.9 Å². The number of aryl methyl sites for hydroxylation is 2. The number of hydrogen-bond acceptors (Lipinski definition) is 6. The van der Waals surface area contributed by atoms with E-state index < -0.39 is 12.0 Å². The van der Waals surface area contributed by atoms with Gasteiger partial charge in [0, 0.05) is 31.9 Å². The predicted molar refractivity (Wildman–Crippen MR) is 148 cm³/mol. The quantitative estimate of drug-likeness (QED) is 0.396. The van der Waals surface area contributed by atoms with Crippen LogP contribution in [0.1, 0.15) is 86.9 Å². The standard InChI is InChI=1S/C31H43N3O4/c1-31(2)16-14-27(38-21-31)25-10-3-4-11-26(25)28(30(35)36)34-18-15-24(20-34)37-19-6-5-9-23-13-12-22-8-7-17-32-29(22)33-23/h3-4,10-13,24,27-28H,5-9,14-21H2,1-2H3,(H,32,33)(H,35,36)/t24-,27?,28+/m1/s1. The third-order valence-corrected chi connectivity index (χ3v) is 8.30. The first-order valence-electron chi connectivity index (χ1n) is 14.4. The van der Waals surface area contributed by atoms with Crippen LogP contribution in [-0.2, 0) is 27.1 Å². The molecule has 0 bridgehead atoms. The van der Waals surface area contributed by atoms with Crippen molar-refractivity contribution in [2.45, 2.75) is 83.5 Å². The Morgan fingerprint density at radius 2 is 2.11 bits per heavy atom. The van der Waals surface area contributed by atoms with Gasteiger partial charge in [0.15, 0.2) is 0 Å². The van der Waals surface area contributed by atoms with Crippen molar-refractivity contribution in [3.63, 3.8) is 0 Å². The second kappa shape index (κ2) is 12.1. The lowest BCUT2D eigenvalue weighted by molar-refractivity contribution is -0.143. The molecule has 5 rings (SSSR count). The van der Waals surface area contributed by atoms with Gasteiger partial charge in [-0.2, -0.15) is 0 Å². The van der Waals surface area contributed by atoms with Crippen LogP contribution in [0.25, 0.3) is 0 Å². The van der Waals surface area contributed by atoms with Gasteiger partial charge in [0.05, 0.1) is 18.8 Å². The van der Waals surface area contributed by atoms with Crippen LogP contribution in [0.4, 0.5) is 5.82 Å². The van der Waals surface area contributed by atoms with Crippen LogP contribution in [0.15, 0.2) is 36.4 Å². The minimum Gasteiger partial charge on any atom is -0.480 e. The maximum atomic E-state index is 12.5. The summed E-state index contributed by atoms with van der Waals surface area (Å²) in [5.74, 6) is 0.255. The molecule has 1 aromatic carbocycles. The Kier molecular flexibility index (Phi) is 8.66. The van der Waals surface area contributed by atoms with E-state index in [0.29, 0.717) is 19.8 Å². The fraction of sp³-hybridized carbons (Fsp3) is 0.613. The second-order valence-corrected chi connectivity index (χ2v) is 11.9. The highest BCUT2D eigenvalue weighted by Gasteiger charge is 2.37. The lowest BCUT2D eigenvalue weighted by atomic mass is 9.82. The first-order valence-corrected chi connectivity index (χ1v) is 14.4. The van der Waals surface area contributed by atoms with Gasteiger partial charge in [0.2, 0.25) is 0 Å². The number of fused-ring (bicyclic) bond motifs is 1. The average Bonchev–Trinajstić information content (AvgIpc) is 3.37. The van der Waals surface area contributed by atoms with Crippen molar-refractivity contribution in [3.05, 3.63) is 58.8 Å². The molecule has 0 amide bonds. The molecule has 2 aromatic rings. The van der Waals surface area contributed by atoms with Crippen LogP contribution in [0.5, 0.6) is 0 Å². The van der Waals surface area contributed by atoms with Gasteiger partial charge in [-0.1, -0.05) is 44.2 Å². The van der Waals surface area contributed by atoms with E-state index in [1.165, 1.54) is 12.0 Å². The number of unbranched alkanes of at least 4 members (excludes halogenated alkanes) is 1. The number of pyridine rings is 1. The highest BCUT2D eigenvalue weighted by molar-refractivity contribution is 5.76. The summed E-state index contributed by atoms with van der Waals surface area (Å²) >= 11 is 0. The molecular weight excluding hydrogens is 478 g/mol. The van der Waals surface area contributed by atoms with Gasteiger partial charge in [-0.3, -0.25) is 9.69 Å². The van der Waals surface area contributed by atoms with E-state index in [-0.39, 0.29) is 17.6 Å². The van der Waals surface area contributed by atoms with Crippen molar-refractivity contribution in [2.24, 2.45) is 5.41 Å². The van der Waals surface area contributed by atoms with Gasteiger partial charge in [0.1, 0.15) is 11.9 Å². The molecule has 3 aliphatic rings. The predicted octanol–water partition coefficient (Wildman–Crippen LogP) is 5.56. The van der Waals surface area contributed by atoms with Gasteiger partial charge >= 0.3 is 5.97 Å². The summed E-state index contributed by atoms with van der Waals surface area (Å²) < 4.78 is 12.4. The molecule has 206 valence electrons. The topological polar surface area (TPSA) is 83.9 Å². The first-order chi connectivity index (χ1) is 18.4. The smallest absolute Gasteiger partial charge is 0.325 e. The molecule has 0 aliphatic carbocycles. The zero-order chi connectivity index (χ0) is 26.5. The number of nitrogens with zero attached hydrogens (tertiary/aromatic N) is 2. The van der Waals surface area contributed by atoms with E-state index in [4.69, 9.17) is 14.5 Å². The number of carboxylic acids is 1. The van der Waals surface area contributed by atoms with Crippen LogP contribution >= 0.6 is 0 Å². The maximum absolute atomic E-state index is 12.5. The van der Waals surface area contributed by atoms with E-state index in [9.17, 15) is 9.90 Å². The zero-order valence-electron chi connectivity index (χ0n) is 23.0. The van der Waals surface area contributed by atoms with E-state index >= 15 is 0 Å². The van der Waals surface area contributed by atoms with Crippen LogP contribution < -0.4 is 5.32 Å². The van der Waals surface area contributed by atoms with Crippen molar-refractivity contribution in [2.75, 3.05) is 38.2 Å². The fourth-order valence-corrected chi connectivity index (χ4v) is 6.08. The number of carboxylic acid groups (broad SMARTS) is 1. The highest BCUT2D eigenvalue weighted by Crippen LogP contribution is 2.40. The van der Waals surface area contributed by atoms with Crippen LogP contribution in [0, 0.1) is 5.41 Å². The molecule has 3 aliphatic heterocycles. The van der Waals surface area contributed by atoms with Gasteiger partial charge in [0.25, 0.3) is 0 Å². The summed E-state index contributed by atoms with van der Waals surface area (Å²) in [4.78, 5) is 19.4. The summed E-state index contributed by atoms with van der Waals surface area (Å²) in [6.07, 6.45) is 8.13. The van der Waals surface area contributed by atoms with E-state index in [1.54, 1.807) is 0 Å². The Labute approximate surface area is 226 Å². The number of aliphatic carboxylic acids is 1. The summed E-state index contributed by atoms with van der Waals surface area (Å²) in [6, 6.07) is 11.6. The molecule has 7 heteroatoms. The van der Waals surface area contributed by atoms with Crippen molar-refractivity contribution < 1.29 is 19.4 Å². The summed E-state index contributed by atoms with van der Waals surface area (Å²) in [5, 5.41) is 13.7. The number of ether oxygens (including phenoxy) is 2. The van der Waals surface area contributed by atoms with Crippen molar-refractivity contribution in [3.8, 4) is 0 Å². The van der Waals surface area contributed by atoms with Crippen molar-refractivity contribution >= 4 is 11.8 Å². The first kappa shape index (κ1) is 27.1. The molecule has 38 heavy (non-hydrogen) atoms. The lowest BCUT2D eigenvalue weighted by Crippen LogP contribution is -2.35. The van der Waals surface area contributed by atoms with E-state index in [0.717, 1.165) is 80.7 Å². The van der Waals surface area contributed by atoms with Gasteiger partial charge in [-0.05, 0) is 79.5 Å². The number of benzene rings is 1. The summed E-state index contributed by atoms with van der Waals surface area (Å²) in [7, 11) is 0. The Bertz CT molecular complexity index is 1090. The molecule has 2 fully saturated rings. The second-order valence-electron chi connectivity index (χ2n) is 11.9. The number of anilines is 1. The summed E-state index contributed by atoms with van der Waals surface area (Å²) in [5.41, 5.74) is 4.51. The van der Waals surface area contributed by atoms with Gasteiger partial charge in [-0.25, -0.2) is 4.98 Å². The number of carbonyl (C=O) groups is 1. The van der Waals surface area contributed by atoms with Gasteiger partial charge in [-0.15, -0.1) is 0 Å². The molecule has 3 atom stereocenters. The zero-order valence-corrected chi connectivity index (χ0v) is 23.0. The van der Waals surface area contributed by atoms with E-state index in [1.807, 2.05) is 24.3 Å². The van der Waals surface area contributed by atoms with Crippen molar-refractivity contribution in [1.82, 2.24) is 9.88 Å². The number of rotatable bonds is 10. The minimum absolute atomic E-state index is 0.0453. The largest absolute Gasteiger partial charge is 0.480 e. The lowest BCUT2D eigenvalue weighted by Gasteiger charge is -2.36. The Hall–Kier alpha value is -2.48. The molecule has 0 spiro atoms. The van der Waals surface area contributed by atoms with E-state index in [2.05, 4.69) is 36.2 Å². The maximum Gasteiger partial charge on any atom is 0.325 e. The van der Waals surface area contributed by atoms with Crippen LogP contribution in [-0.4, -0.2) is 59.9 Å². The molecule has 7 nitrogen and oxygen atoms in total. The Morgan fingerprint density at radius 1 is 1.24 bits per heavy atom. The molecular formula is C31H43N3O4. The number of likely N-dealkylation sites (tertiary alicyclic amines) is 1. The summed E-state index contributed by atoms with van der Waals surface area (Å²) in [6.45, 7) is 8.22. The Morgan fingerprint density at radius 3 is 2.92 bits per heavy atom.